The highest BCUT2D eigenvalue weighted by molar-refractivity contribution is 5.33. The average molecular weight is 288 g/mol. The van der Waals surface area contributed by atoms with Gasteiger partial charge in [0.1, 0.15) is 5.82 Å². The number of rotatable bonds is 3. The van der Waals surface area contributed by atoms with Crippen molar-refractivity contribution in [2.75, 3.05) is 0 Å². The molecule has 0 bridgehead atoms. The van der Waals surface area contributed by atoms with Crippen molar-refractivity contribution in [3.05, 3.63) is 62.7 Å². The molecule has 0 atom stereocenters. The van der Waals surface area contributed by atoms with Crippen LogP contribution in [0.5, 0.6) is 0 Å². The normalized spacial score (nSPS) is 14.7. The van der Waals surface area contributed by atoms with Gasteiger partial charge in [0.25, 0.3) is 5.56 Å². The van der Waals surface area contributed by atoms with Crippen LogP contribution in [0.4, 0.5) is 4.39 Å². The number of aromatic nitrogens is 2. The Morgan fingerprint density at radius 2 is 1.76 bits per heavy atom. The maximum Gasteiger partial charge on any atom is 0.335 e. The summed E-state index contributed by atoms with van der Waals surface area (Å²) >= 11 is 0. The van der Waals surface area contributed by atoms with Crippen LogP contribution in [0.2, 0.25) is 0 Å². The standard InChI is InChI=1S/C16H17FN2O2/c1-10(2)14-9-18(12-7-8-12)16(21)19(15(14)20)13-5-3-11(17)4-6-13/h3-6,9-10,12H,7-8H2,1-2H3. The Hall–Kier alpha value is -2.17. The monoisotopic (exact) mass is 288 g/mol. The smallest absolute Gasteiger partial charge is 0.297 e. The van der Waals surface area contributed by atoms with Crippen LogP contribution in [0, 0.1) is 5.82 Å². The molecule has 0 radical (unpaired) electrons. The van der Waals surface area contributed by atoms with Crippen molar-refractivity contribution in [3.8, 4) is 5.69 Å². The van der Waals surface area contributed by atoms with Crippen molar-refractivity contribution in [2.45, 2.75) is 38.6 Å². The molecule has 0 saturated heterocycles. The van der Waals surface area contributed by atoms with Crippen LogP contribution in [-0.4, -0.2) is 9.13 Å². The van der Waals surface area contributed by atoms with Crippen LogP contribution in [0.25, 0.3) is 5.69 Å². The molecule has 1 aliphatic rings. The summed E-state index contributed by atoms with van der Waals surface area (Å²) < 4.78 is 15.8. The minimum absolute atomic E-state index is 0.0230. The van der Waals surface area contributed by atoms with E-state index in [4.69, 9.17) is 0 Å². The van der Waals surface area contributed by atoms with Crippen molar-refractivity contribution in [2.24, 2.45) is 0 Å². The van der Waals surface area contributed by atoms with Gasteiger partial charge in [-0.1, -0.05) is 13.8 Å². The number of benzene rings is 1. The molecule has 1 aliphatic carbocycles. The number of hydrogen-bond acceptors (Lipinski definition) is 2. The zero-order chi connectivity index (χ0) is 15.1. The lowest BCUT2D eigenvalue weighted by Gasteiger charge is -2.14. The van der Waals surface area contributed by atoms with E-state index < -0.39 is 5.82 Å². The van der Waals surface area contributed by atoms with Gasteiger partial charge in [0, 0.05) is 17.8 Å². The molecular weight excluding hydrogens is 271 g/mol. The molecular formula is C16H17FN2O2. The quantitative estimate of drug-likeness (QED) is 0.871. The molecule has 1 aromatic carbocycles. The van der Waals surface area contributed by atoms with Crippen molar-refractivity contribution in [3.63, 3.8) is 0 Å². The third kappa shape index (κ3) is 2.44. The van der Waals surface area contributed by atoms with Crippen molar-refractivity contribution >= 4 is 0 Å². The van der Waals surface area contributed by atoms with E-state index in [9.17, 15) is 14.0 Å². The molecule has 1 aromatic heterocycles. The summed E-state index contributed by atoms with van der Waals surface area (Å²) in [7, 11) is 0. The molecule has 0 N–H and O–H groups in total. The molecule has 2 aromatic rings. The van der Waals surface area contributed by atoms with Crippen LogP contribution < -0.4 is 11.2 Å². The van der Waals surface area contributed by atoms with Crippen molar-refractivity contribution in [1.82, 2.24) is 9.13 Å². The Labute approximate surface area is 121 Å². The first-order chi connectivity index (χ1) is 9.99. The second kappa shape index (κ2) is 4.98. The van der Waals surface area contributed by atoms with Crippen molar-refractivity contribution < 1.29 is 4.39 Å². The predicted octanol–water partition coefficient (Wildman–Crippen LogP) is 2.60. The van der Waals surface area contributed by atoms with Crippen LogP contribution in [0.3, 0.4) is 0 Å². The van der Waals surface area contributed by atoms with E-state index >= 15 is 0 Å². The predicted molar refractivity (Wildman–Crippen MR) is 78.6 cm³/mol. The van der Waals surface area contributed by atoms with Gasteiger partial charge in [-0.05, 0) is 43.0 Å². The van der Waals surface area contributed by atoms with Crippen molar-refractivity contribution in [1.29, 1.82) is 0 Å². The fraction of sp³-hybridized carbons (Fsp3) is 0.375. The summed E-state index contributed by atoms with van der Waals surface area (Å²) in [6.07, 6.45) is 3.60. The largest absolute Gasteiger partial charge is 0.335 e. The Balaban J connectivity index is 2.29. The van der Waals surface area contributed by atoms with Crippen LogP contribution >= 0.6 is 0 Å². The van der Waals surface area contributed by atoms with E-state index in [1.807, 2.05) is 13.8 Å². The lowest BCUT2D eigenvalue weighted by atomic mass is 10.1. The van der Waals surface area contributed by atoms with Gasteiger partial charge < -0.3 is 0 Å². The fourth-order valence-corrected chi connectivity index (χ4v) is 2.42. The number of hydrogen-bond donors (Lipinski definition) is 0. The first-order valence-electron chi connectivity index (χ1n) is 7.13. The Morgan fingerprint density at radius 3 is 2.29 bits per heavy atom. The van der Waals surface area contributed by atoms with Gasteiger partial charge in [-0.3, -0.25) is 9.36 Å². The first-order valence-corrected chi connectivity index (χ1v) is 7.13. The van der Waals surface area contributed by atoms with E-state index in [-0.39, 0.29) is 23.2 Å². The second-order valence-electron chi connectivity index (χ2n) is 5.78. The van der Waals surface area contributed by atoms with E-state index in [0.717, 1.165) is 17.4 Å². The van der Waals surface area contributed by atoms with E-state index in [0.29, 0.717) is 11.3 Å². The maximum absolute atomic E-state index is 13.1. The molecule has 1 saturated carbocycles. The SMILES string of the molecule is CC(C)c1cn(C2CC2)c(=O)n(-c2ccc(F)cc2)c1=O. The van der Waals surface area contributed by atoms with Gasteiger partial charge in [-0.2, -0.15) is 0 Å². The summed E-state index contributed by atoms with van der Waals surface area (Å²) in [4.78, 5) is 25.1. The molecule has 21 heavy (non-hydrogen) atoms. The van der Waals surface area contributed by atoms with Gasteiger partial charge in [0.2, 0.25) is 0 Å². The molecule has 0 spiro atoms. The molecule has 3 rings (SSSR count). The van der Waals surface area contributed by atoms with Gasteiger partial charge in [0.15, 0.2) is 0 Å². The highest BCUT2D eigenvalue weighted by Crippen LogP contribution is 2.33. The van der Waals surface area contributed by atoms with Gasteiger partial charge in [0.05, 0.1) is 5.69 Å². The van der Waals surface area contributed by atoms with Crippen LogP contribution in [0.1, 0.15) is 44.2 Å². The van der Waals surface area contributed by atoms with E-state index in [1.165, 1.54) is 24.3 Å². The summed E-state index contributed by atoms with van der Waals surface area (Å²) in [5.41, 5.74) is 0.339. The molecule has 0 unspecified atom stereocenters. The highest BCUT2D eigenvalue weighted by atomic mass is 19.1. The Morgan fingerprint density at radius 1 is 1.14 bits per heavy atom. The average Bonchev–Trinajstić information content (AvgIpc) is 3.25. The minimum atomic E-state index is -0.394. The molecule has 0 aliphatic heterocycles. The van der Waals surface area contributed by atoms with E-state index in [2.05, 4.69) is 0 Å². The van der Waals surface area contributed by atoms with Gasteiger partial charge >= 0.3 is 5.69 Å². The summed E-state index contributed by atoms with van der Waals surface area (Å²) in [5, 5.41) is 0. The lowest BCUT2D eigenvalue weighted by molar-refractivity contribution is 0.617. The molecule has 0 amide bonds. The van der Waals surface area contributed by atoms with Gasteiger partial charge in [-0.15, -0.1) is 0 Å². The Bertz CT molecular complexity index is 749. The number of halogens is 1. The zero-order valence-corrected chi connectivity index (χ0v) is 12.0. The number of nitrogens with zero attached hydrogens (tertiary/aromatic N) is 2. The summed E-state index contributed by atoms with van der Waals surface area (Å²) in [6, 6.07) is 5.61. The van der Waals surface area contributed by atoms with Gasteiger partial charge in [-0.25, -0.2) is 13.8 Å². The molecule has 1 fully saturated rings. The van der Waals surface area contributed by atoms with Crippen LogP contribution in [0.15, 0.2) is 40.1 Å². The third-order valence-corrected chi connectivity index (χ3v) is 3.79. The maximum atomic E-state index is 13.1. The molecule has 4 nitrogen and oxygen atoms in total. The topological polar surface area (TPSA) is 44.0 Å². The first kappa shape index (κ1) is 13.8. The molecule has 110 valence electrons. The summed E-state index contributed by atoms with van der Waals surface area (Å²) in [5.74, 6) is -0.371. The van der Waals surface area contributed by atoms with Crippen LogP contribution in [-0.2, 0) is 0 Å². The zero-order valence-electron chi connectivity index (χ0n) is 12.0. The fourth-order valence-electron chi connectivity index (χ4n) is 2.42. The Kier molecular flexibility index (Phi) is 3.27. The lowest BCUT2D eigenvalue weighted by Crippen LogP contribution is -2.40. The summed E-state index contributed by atoms with van der Waals surface area (Å²) in [6.45, 7) is 3.85. The molecule has 5 heteroatoms. The minimum Gasteiger partial charge on any atom is -0.297 e. The van der Waals surface area contributed by atoms with E-state index in [1.54, 1.807) is 10.8 Å². The third-order valence-electron chi connectivity index (χ3n) is 3.79. The molecule has 1 heterocycles. The second-order valence-corrected chi connectivity index (χ2v) is 5.78. The highest BCUT2D eigenvalue weighted by Gasteiger charge is 2.27.